The Labute approximate surface area is 232 Å². The van der Waals surface area contributed by atoms with E-state index in [-0.39, 0.29) is 25.8 Å². The van der Waals surface area contributed by atoms with Crippen molar-refractivity contribution in [2.75, 3.05) is 10.6 Å². The molecule has 0 bridgehead atoms. The van der Waals surface area contributed by atoms with Gasteiger partial charge in [-0.2, -0.15) is 18.6 Å². The first-order valence-corrected chi connectivity index (χ1v) is 12.8. The molecule has 0 unspecified atom stereocenters. The third-order valence-electron chi connectivity index (χ3n) is 5.57. The molecule has 0 saturated carbocycles. The van der Waals surface area contributed by atoms with Gasteiger partial charge in [-0.25, -0.2) is 0 Å². The molecule has 2 amide bonds. The number of rotatable bonds is 11. The molecule has 9 nitrogen and oxygen atoms in total. The van der Waals surface area contributed by atoms with Gasteiger partial charge in [0.1, 0.15) is 5.01 Å². The van der Waals surface area contributed by atoms with Crippen LogP contribution in [0.4, 0.5) is 10.9 Å². The lowest BCUT2D eigenvalue weighted by atomic mass is 10.1. The maximum absolute atomic E-state index is 12.3. The van der Waals surface area contributed by atoms with Crippen LogP contribution in [0.2, 0.25) is 0 Å². The van der Waals surface area contributed by atoms with Crippen LogP contribution in [0.25, 0.3) is 0 Å². The summed E-state index contributed by atoms with van der Waals surface area (Å²) >= 11 is 1.30. The van der Waals surface area contributed by atoms with Crippen molar-refractivity contribution in [3.05, 3.63) is 94.1 Å². The van der Waals surface area contributed by atoms with Crippen molar-refractivity contribution in [3.63, 3.8) is 0 Å². The van der Waals surface area contributed by atoms with Crippen molar-refractivity contribution >= 4 is 47.6 Å². The fraction of sp³-hybridized carbons (Fsp3) is 0.259. The van der Waals surface area contributed by atoms with Gasteiger partial charge in [0, 0.05) is 6.42 Å². The van der Waals surface area contributed by atoms with Crippen LogP contribution in [0.1, 0.15) is 46.3 Å². The summed E-state index contributed by atoms with van der Waals surface area (Å²) in [7, 11) is 0. The zero-order valence-electron chi connectivity index (χ0n) is 20.9. The second-order valence-electron chi connectivity index (χ2n) is 8.63. The van der Waals surface area contributed by atoms with Crippen molar-refractivity contribution in [1.82, 2.24) is 20.4 Å². The number of unbranched alkanes of at least 4 members (excludes halogenated alkanes) is 1. The maximum atomic E-state index is 12.3. The first-order valence-electron chi connectivity index (χ1n) is 12.0. The summed E-state index contributed by atoms with van der Waals surface area (Å²) in [6.45, 7) is 2.00. The van der Waals surface area contributed by atoms with Crippen LogP contribution in [0.5, 0.6) is 0 Å². The molecule has 3 N–H and O–H groups in total. The number of carbonyl (C=O) groups excluding carboxylic acids is 2. The molecule has 0 aliphatic heterocycles. The number of aliphatic hydroxyl groups excluding tert-OH is 1. The highest BCUT2D eigenvalue weighted by Crippen LogP contribution is 2.20. The lowest BCUT2D eigenvalue weighted by Gasteiger charge is -2.09. The molecule has 0 aliphatic carbocycles. The highest BCUT2D eigenvalue weighted by atomic mass is 32.1. The van der Waals surface area contributed by atoms with Crippen LogP contribution < -0.4 is 10.6 Å². The van der Waals surface area contributed by atoms with Crippen LogP contribution in [-0.2, 0) is 28.9 Å². The highest BCUT2D eigenvalue weighted by Gasteiger charge is 2.18. The van der Waals surface area contributed by atoms with E-state index in [4.69, 9.17) is 0 Å². The summed E-state index contributed by atoms with van der Waals surface area (Å²) in [6, 6.07) is 20.2. The quantitative estimate of drug-likeness (QED) is 0.239. The lowest BCUT2D eigenvalue weighted by Crippen LogP contribution is -2.20. The number of hydrogen-bond donors (Lipinski definition) is 3. The largest absolute Gasteiger partial charge is 0.378 e. The molecule has 0 saturated heterocycles. The van der Waals surface area contributed by atoms with Crippen LogP contribution >= 0.6 is 24.8 Å². The Morgan fingerprint density at radius 3 is 2.42 bits per heavy atom. The number of anilines is 2. The van der Waals surface area contributed by atoms with Crippen molar-refractivity contribution in [2.24, 2.45) is 0 Å². The topological polar surface area (TPSA) is 130 Å². The summed E-state index contributed by atoms with van der Waals surface area (Å²) in [5, 5.41) is 33.2. The molecule has 2 aromatic carbocycles. The minimum atomic E-state index is -1.26. The number of benzene rings is 2. The number of aliphatic hydroxyl groups is 1. The molecule has 0 fully saturated rings. The Morgan fingerprint density at radius 1 is 0.895 bits per heavy atom. The van der Waals surface area contributed by atoms with Crippen molar-refractivity contribution < 1.29 is 14.7 Å². The molecular weight excluding hydrogens is 520 g/mol. The van der Waals surface area contributed by atoms with Gasteiger partial charge < -0.3 is 10.4 Å². The van der Waals surface area contributed by atoms with E-state index < -0.39 is 12.0 Å². The molecule has 198 valence electrons. The number of aryl methyl sites for hydroxylation is 3. The molecule has 0 aliphatic rings. The van der Waals surface area contributed by atoms with Crippen molar-refractivity contribution in [3.8, 4) is 0 Å². The first-order chi connectivity index (χ1) is 18.0. The Balaban J connectivity index is 0.00000400. The SMILES string of the molecule is Cc1cccc(CC(=O)Nc2ccc(CCCCc3nnc(NC(=O)[C@@H](O)c4ccccc4)s3)nn2)c1.S. The monoisotopic (exact) mass is 550 g/mol. The standard InChI is InChI=1S/C27H28N6O3S.H2S/c1-18-8-7-9-19(16-18)17-23(34)28-22-15-14-21(30-31-22)12-5-6-13-24-32-33-27(37-24)29-26(36)25(35)20-10-3-2-4-11-20;/h2-4,7-11,14-16,25,35H,5-6,12-13,17H2,1H3,(H,28,31,34)(H,29,33,36);1H2/t25-;/m0./s1. The van der Waals surface area contributed by atoms with Crippen LogP contribution in [0, 0.1) is 6.92 Å². The number of hydrogen-bond acceptors (Lipinski definition) is 8. The molecule has 2 heterocycles. The molecule has 1 atom stereocenters. The number of nitrogens with zero attached hydrogens (tertiary/aromatic N) is 4. The fourth-order valence-corrected chi connectivity index (χ4v) is 4.49. The van der Waals surface area contributed by atoms with Gasteiger partial charge in [0.2, 0.25) is 11.0 Å². The number of nitrogens with one attached hydrogen (secondary N) is 2. The molecule has 2 aromatic heterocycles. The predicted octanol–water partition coefficient (Wildman–Crippen LogP) is 4.17. The number of amides is 2. The Bertz CT molecular complexity index is 1330. The van der Waals surface area contributed by atoms with Crippen LogP contribution in [0.3, 0.4) is 0 Å². The second-order valence-corrected chi connectivity index (χ2v) is 9.70. The summed E-state index contributed by atoms with van der Waals surface area (Å²) in [4.78, 5) is 24.5. The molecule has 0 spiro atoms. The van der Waals surface area contributed by atoms with E-state index in [1.165, 1.54) is 11.3 Å². The van der Waals surface area contributed by atoms with E-state index in [0.717, 1.165) is 47.5 Å². The predicted molar refractivity (Wildman–Crippen MR) is 153 cm³/mol. The van der Waals surface area contributed by atoms with E-state index in [9.17, 15) is 14.7 Å². The van der Waals surface area contributed by atoms with Crippen LogP contribution in [-0.4, -0.2) is 37.3 Å². The van der Waals surface area contributed by atoms with Gasteiger partial charge in [0.05, 0.1) is 12.1 Å². The lowest BCUT2D eigenvalue weighted by molar-refractivity contribution is -0.124. The van der Waals surface area contributed by atoms with Gasteiger partial charge in [-0.3, -0.25) is 14.9 Å². The molecule has 4 aromatic rings. The maximum Gasteiger partial charge on any atom is 0.259 e. The minimum absolute atomic E-state index is 0. The normalized spacial score (nSPS) is 11.3. The summed E-state index contributed by atoms with van der Waals surface area (Å²) in [5.41, 5.74) is 3.44. The Morgan fingerprint density at radius 2 is 1.68 bits per heavy atom. The van der Waals surface area contributed by atoms with Gasteiger partial charge in [0.25, 0.3) is 5.91 Å². The summed E-state index contributed by atoms with van der Waals surface area (Å²) in [6.07, 6.45) is 2.23. The van der Waals surface area contributed by atoms with E-state index in [1.54, 1.807) is 30.3 Å². The minimum Gasteiger partial charge on any atom is -0.378 e. The van der Waals surface area contributed by atoms with Gasteiger partial charge in [0.15, 0.2) is 11.9 Å². The van der Waals surface area contributed by atoms with Gasteiger partial charge in [-0.1, -0.05) is 71.5 Å². The zero-order valence-corrected chi connectivity index (χ0v) is 22.7. The molecule has 11 heteroatoms. The third kappa shape index (κ3) is 8.72. The summed E-state index contributed by atoms with van der Waals surface area (Å²) < 4.78 is 0. The fourth-order valence-electron chi connectivity index (χ4n) is 3.70. The first kappa shape index (κ1) is 28.9. The molecule has 4 rings (SSSR count). The number of carbonyl (C=O) groups is 2. The van der Waals surface area contributed by atoms with Crippen molar-refractivity contribution in [2.45, 2.75) is 45.1 Å². The van der Waals surface area contributed by atoms with Gasteiger partial charge in [-0.15, -0.1) is 15.3 Å². The Hall–Kier alpha value is -3.67. The molecule has 0 radical (unpaired) electrons. The zero-order chi connectivity index (χ0) is 26.0. The van der Waals surface area contributed by atoms with E-state index in [0.29, 0.717) is 16.5 Å². The average Bonchev–Trinajstić information content (AvgIpc) is 3.34. The third-order valence-corrected chi connectivity index (χ3v) is 6.47. The van der Waals surface area contributed by atoms with E-state index >= 15 is 0 Å². The Kier molecular flexibility index (Phi) is 10.9. The number of aromatic nitrogens is 4. The summed E-state index contributed by atoms with van der Waals surface area (Å²) in [5.74, 6) is -0.237. The van der Waals surface area contributed by atoms with Gasteiger partial charge >= 0.3 is 0 Å². The van der Waals surface area contributed by atoms with Crippen LogP contribution in [0.15, 0.2) is 66.7 Å². The average molecular weight is 551 g/mol. The van der Waals surface area contributed by atoms with Crippen molar-refractivity contribution in [1.29, 1.82) is 0 Å². The molecular formula is C27H30N6O3S2. The van der Waals surface area contributed by atoms with E-state index in [2.05, 4.69) is 31.0 Å². The smallest absolute Gasteiger partial charge is 0.259 e. The molecule has 38 heavy (non-hydrogen) atoms. The highest BCUT2D eigenvalue weighted by molar-refractivity contribution is 7.59. The van der Waals surface area contributed by atoms with E-state index in [1.807, 2.05) is 43.3 Å². The van der Waals surface area contributed by atoms with Gasteiger partial charge in [-0.05, 0) is 49.4 Å². The second kappa shape index (κ2) is 14.3.